The summed E-state index contributed by atoms with van der Waals surface area (Å²) in [6.07, 6.45) is 0. The maximum absolute atomic E-state index is 13.7. The van der Waals surface area contributed by atoms with Crippen LogP contribution in [0.2, 0.25) is 0 Å². The first-order chi connectivity index (χ1) is 14.6. The first kappa shape index (κ1) is 19.4. The quantitative estimate of drug-likeness (QED) is 0.498. The third-order valence-electron chi connectivity index (χ3n) is 4.55. The molecule has 0 bridgehead atoms. The van der Waals surface area contributed by atoms with Crippen molar-refractivity contribution in [1.29, 1.82) is 0 Å². The number of rotatable bonds is 6. The van der Waals surface area contributed by atoms with Crippen molar-refractivity contribution in [2.45, 2.75) is 6.67 Å². The largest absolute Gasteiger partial charge is 0.496 e. The van der Waals surface area contributed by atoms with E-state index in [0.717, 1.165) is 0 Å². The number of hydrogen-bond acceptors (Lipinski definition) is 8. The molecule has 0 spiro atoms. The molecule has 0 atom stereocenters. The summed E-state index contributed by atoms with van der Waals surface area (Å²) in [5.41, 5.74) is 0.646. The van der Waals surface area contributed by atoms with Crippen molar-refractivity contribution in [3.63, 3.8) is 0 Å². The lowest BCUT2D eigenvalue weighted by Crippen LogP contribution is -2.13. The van der Waals surface area contributed by atoms with E-state index >= 15 is 0 Å². The van der Waals surface area contributed by atoms with Gasteiger partial charge in [-0.2, -0.15) is 0 Å². The Labute approximate surface area is 169 Å². The number of alkyl halides is 1. The van der Waals surface area contributed by atoms with Gasteiger partial charge < -0.3 is 14.2 Å². The number of halogens is 1. The number of anilines is 2. The van der Waals surface area contributed by atoms with Gasteiger partial charge in [0.1, 0.15) is 17.8 Å². The fraction of sp³-hybridized carbons (Fsp3) is 0.200. The first-order valence-electron chi connectivity index (χ1n) is 8.90. The Balaban J connectivity index is 1.81. The lowest BCUT2D eigenvalue weighted by atomic mass is 10.1. The van der Waals surface area contributed by atoms with Crippen LogP contribution >= 0.6 is 0 Å². The topological polar surface area (TPSA) is 111 Å². The van der Waals surface area contributed by atoms with Crippen molar-refractivity contribution in [3.8, 4) is 17.2 Å². The normalized spacial score (nSPS) is 10.9. The number of methoxy groups -OCH3 is 3. The van der Waals surface area contributed by atoms with E-state index in [0.29, 0.717) is 39.1 Å². The zero-order chi connectivity index (χ0) is 21.3. The molecule has 0 amide bonds. The van der Waals surface area contributed by atoms with Crippen LogP contribution in [-0.4, -0.2) is 41.3 Å². The standard InChI is InChI=1S/C20H18FN5O4/c1-28-14-6-4-5-11-17(14)18(27)25-20(22-11)26-19-23-12-8-16(30-3)15(29-2)7-10(12)13(9-21)24-19/h4-8H,9H2,1-3H3,(H2,22,23,24,25,26,27). The average molecular weight is 411 g/mol. The van der Waals surface area contributed by atoms with E-state index in [1.54, 1.807) is 30.3 Å². The molecule has 10 heteroatoms. The molecule has 30 heavy (non-hydrogen) atoms. The van der Waals surface area contributed by atoms with Crippen LogP contribution in [0.15, 0.2) is 35.1 Å². The molecular formula is C20H18FN5O4. The number of hydrogen-bond donors (Lipinski definition) is 2. The average Bonchev–Trinajstić information content (AvgIpc) is 2.76. The minimum Gasteiger partial charge on any atom is -0.496 e. The Morgan fingerprint density at radius 2 is 1.70 bits per heavy atom. The third kappa shape index (κ3) is 3.32. The lowest BCUT2D eigenvalue weighted by molar-refractivity contribution is 0.355. The number of nitrogens with zero attached hydrogens (tertiary/aromatic N) is 3. The fourth-order valence-electron chi connectivity index (χ4n) is 3.17. The zero-order valence-electron chi connectivity index (χ0n) is 16.4. The highest BCUT2D eigenvalue weighted by Crippen LogP contribution is 2.33. The van der Waals surface area contributed by atoms with Gasteiger partial charge in [-0.1, -0.05) is 6.07 Å². The first-order valence-corrected chi connectivity index (χ1v) is 8.90. The van der Waals surface area contributed by atoms with Crippen molar-refractivity contribution in [1.82, 2.24) is 19.9 Å². The highest BCUT2D eigenvalue weighted by Gasteiger charge is 2.15. The second kappa shape index (κ2) is 7.82. The highest BCUT2D eigenvalue weighted by atomic mass is 19.1. The Kier molecular flexibility index (Phi) is 5.05. The van der Waals surface area contributed by atoms with Gasteiger partial charge in [0.25, 0.3) is 5.56 Å². The second-order valence-corrected chi connectivity index (χ2v) is 6.25. The molecular weight excluding hydrogens is 393 g/mol. The Hall–Kier alpha value is -3.95. The summed E-state index contributed by atoms with van der Waals surface area (Å²) in [6, 6.07) is 8.33. The van der Waals surface area contributed by atoms with Crippen molar-refractivity contribution in [2.75, 3.05) is 26.6 Å². The van der Waals surface area contributed by atoms with Gasteiger partial charge in [-0.25, -0.2) is 19.3 Å². The van der Waals surface area contributed by atoms with Gasteiger partial charge in [0.05, 0.1) is 38.1 Å². The molecule has 2 aromatic carbocycles. The number of aromatic amines is 1. The van der Waals surface area contributed by atoms with Gasteiger partial charge in [0.15, 0.2) is 11.5 Å². The molecule has 0 fully saturated rings. The van der Waals surface area contributed by atoms with Crippen molar-refractivity contribution in [3.05, 3.63) is 46.4 Å². The maximum Gasteiger partial charge on any atom is 0.263 e. The van der Waals surface area contributed by atoms with Crippen LogP contribution in [0.25, 0.3) is 21.8 Å². The summed E-state index contributed by atoms with van der Waals surface area (Å²) in [4.78, 5) is 28.1. The van der Waals surface area contributed by atoms with E-state index in [2.05, 4.69) is 25.3 Å². The van der Waals surface area contributed by atoms with Gasteiger partial charge in [0, 0.05) is 11.5 Å². The monoisotopic (exact) mass is 411 g/mol. The predicted octanol–water partition coefficient (Wildman–Crippen LogP) is 3.11. The van der Waals surface area contributed by atoms with Crippen LogP contribution in [0.4, 0.5) is 16.3 Å². The summed E-state index contributed by atoms with van der Waals surface area (Å²) in [6.45, 7) is -0.817. The highest BCUT2D eigenvalue weighted by molar-refractivity contribution is 5.87. The van der Waals surface area contributed by atoms with E-state index in [9.17, 15) is 9.18 Å². The molecule has 0 saturated heterocycles. The lowest BCUT2D eigenvalue weighted by Gasteiger charge is -2.12. The molecule has 0 radical (unpaired) electrons. The third-order valence-corrected chi connectivity index (χ3v) is 4.55. The minimum atomic E-state index is -0.817. The van der Waals surface area contributed by atoms with Crippen LogP contribution in [0.1, 0.15) is 5.69 Å². The van der Waals surface area contributed by atoms with Crippen molar-refractivity contribution >= 4 is 33.7 Å². The van der Waals surface area contributed by atoms with Crippen molar-refractivity contribution in [2.24, 2.45) is 0 Å². The SMILES string of the molecule is COc1cc2nc(Nc3nc4cccc(OC)c4c(=O)[nH]3)nc(CF)c2cc1OC. The number of benzene rings is 2. The van der Waals surface area contributed by atoms with Crippen LogP contribution in [0.3, 0.4) is 0 Å². The Bertz CT molecular complexity index is 1310. The predicted molar refractivity (Wildman–Crippen MR) is 110 cm³/mol. The summed E-state index contributed by atoms with van der Waals surface area (Å²) in [5, 5.41) is 3.66. The maximum atomic E-state index is 13.7. The summed E-state index contributed by atoms with van der Waals surface area (Å²) in [5.74, 6) is 1.50. The number of aromatic nitrogens is 4. The molecule has 2 heterocycles. The molecule has 2 aromatic heterocycles. The van der Waals surface area contributed by atoms with Crippen LogP contribution in [-0.2, 0) is 6.67 Å². The van der Waals surface area contributed by atoms with Crippen LogP contribution in [0, 0.1) is 0 Å². The molecule has 0 aliphatic carbocycles. The van der Waals surface area contributed by atoms with Gasteiger partial charge in [0.2, 0.25) is 11.9 Å². The van der Waals surface area contributed by atoms with Gasteiger partial charge in [-0.3, -0.25) is 15.1 Å². The molecule has 154 valence electrons. The second-order valence-electron chi connectivity index (χ2n) is 6.25. The molecule has 0 saturated carbocycles. The molecule has 4 aromatic rings. The number of ether oxygens (including phenoxy) is 3. The number of nitrogens with one attached hydrogen (secondary N) is 2. The smallest absolute Gasteiger partial charge is 0.263 e. The van der Waals surface area contributed by atoms with Crippen LogP contribution < -0.4 is 25.1 Å². The summed E-state index contributed by atoms with van der Waals surface area (Å²) >= 11 is 0. The van der Waals surface area contributed by atoms with E-state index in [-0.39, 0.29) is 17.6 Å². The van der Waals surface area contributed by atoms with E-state index in [4.69, 9.17) is 14.2 Å². The zero-order valence-corrected chi connectivity index (χ0v) is 16.4. The van der Waals surface area contributed by atoms with Gasteiger partial charge in [-0.15, -0.1) is 0 Å². The molecule has 0 unspecified atom stereocenters. The van der Waals surface area contributed by atoms with Crippen molar-refractivity contribution < 1.29 is 18.6 Å². The Morgan fingerprint density at radius 1 is 0.967 bits per heavy atom. The fourth-order valence-corrected chi connectivity index (χ4v) is 3.17. The Morgan fingerprint density at radius 3 is 2.40 bits per heavy atom. The van der Waals surface area contributed by atoms with E-state index < -0.39 is 12.2 Å². The molecule has 0 aliphatic heterocycles. The van der Waals surface area contributed by atoms with E-state index in [1.165, 1.54) is 21.3 Å². The number of fused-ring (bicyclic) bond motifs is 2. The molecule has 4 rings (SSSR count). The van der Waals surface area contributed by atoms with E-state index in [1.807, 2.05) is 0 Å². The molecule has 2 N–H and O–H groups in total. The molecule has 0 aliphatic rings. The minimum absolute atomic E-state index is 0.0766. The van der Waals surface area contributed by atoms with Gasteiger partial charge >= 0.3 is 0 Å². The molecule has 9 nitrogen and oxygen atoms in total. The summed E-state index contributed by atoms with van der Waals surface area (Å²) < 4.78 is 29.4. The number of H-pyrrole nitrogens is 1. The van der Waals surface area contributed by atoms with Gasteiger partial charge in [-0.05, 0) is 18.2 Å². The summed E-state index contributed by atoms with van der Waals surface area (Å²) in [7, 11) is 4.47. The van der Waals surface area contributed by atoms with Crippen LogP contribution in [0.5, 0.6) is 17.2 Å².